The molecule has 0 atom stereocenters. The van der Waals surface area contributed by atoms with Gasteiger partial charge in [-0.2, -0.15) is 5.10 Å². The molecule has 0 bridgehead atoms. The molecule has 24 heavy (non-hydrogen) atoms. The monoisotopic (exact) mass is 336 g/mol. The van der Waals surface area contributed by atoms with E-state index in [1.807, 2.05) is 31.7 Å². The first kappa shape index (κ1) is 14.9. The Bertz CT molecular complexity index is 960. The van der Waals surface area contributed by atoms with Crippen LogP contribution in [0, 0.1) is 0 Å². The molecule has 0 aliphatic carbocycles. The summed E-state index contributed by atoms with van der Waals surface area (Å²) in [7, 11) is 1.89. The van der Waals surface area contributed by atoms with Gasteiger partial charge in [-0.1, -0.05) is 42.1 Å². The molecule has 4 aromatic rings. The van der Waals surface area contributed by atoms with Gasteiger partial charge in [0.2, 0.25) is 0 Å². The Kier molecular flexibility index (Phi) is 4.00. The zero-order chi connectivity index (χ0) is 16.4. The smallest absolute Gasteiger partial charge is 0.162 e. The first-order chi connectivity index (χ1) is 11.8. The van der Waals surface area contributed by atoms with Gasteiger partial charge >= 0.3 is 0 Å². The highest BCUT2D eigenvalue weighted by Crippen LogP contribution is 2.26. The molecule has 0 amide bonds. The standard InChI is InChI=1S/C17H16N6S/c1-22-16-14(9-21-22)17(20-12-19-16)24-11-15-18-7-8-23(15)10-13-5-3-2-4-6-13/h2-9,12H,10-11H2,1H3. The summed E-state index contributed by atoms with van der Waals surface area (Å²) in [6, 6.07) is 10.4. The number of nitrogens with zero attached hydrogens (tertiary/aromatic N) is 6. The number of aryl methyl sites for hydroxylation is 1. The number of hydrogen-bond acceptors (Lipinski definition) is 5. The zero-order valence-electron chi connectivity index (χ0n) is 13.2. The second kappa shape index (κ2) is 6.45. The average molecular weight is 336 g/mol. The number of rotatable bonds is 5. The highest BCUT2D eigenvalue weighted by molar-refractivity contribution is 7.98. The number of thioether (sulfide) groups is 1. The van der Waals surface area contributed by atoms with E-state index < -0.39 is 0 Å². The van der Waals surface area contributed by atoms with Crippen molar-refractivity contribution in [3.8, 4) is 0 Å². The SMILES string of the molecule is Cn1ncc2c(SCc3nccn3Cc3ccccc3)ncnc21. The van der Waals surface area contributed by atoms with Crippen molar-refractivity contribution < 1.29 is 0 Å². The highest BCUT2D eigenvalue weighted by atomic mass is 32.2. The molecular weight excluding hydrogens is 320 g/mol. The molecule has 3 heterocycles. The van der Waals surface area contributed by atoms with Crippen LogP contribution in [0.1, 0.15) is 11.4 Å². The maximum absolute atomic E-state index is 4.49. The molecule has 3 aromatic heterocycles. The molecule has 1 aromatic carbocycles. The highest BCUT2D eigenvalue weighted by Gasteiger charge is 2.10. The van der Waals surface area contributed by atoms with Crippen LogP contribution in [0.5, 0.6) is 0 Å². The molecule has 0 saturated heterocycles. The summed E-state index contributed by atoms with van der Waals surface area (Å²) in [5, 5.41) is 6.17. The van der Waals surface area contributed by atoms with Gasteiger partial charge in [0.1, 0.15) is 17.2 Å². The van der Waals surface area contributed by atoms with Crippen molar-refractivity contribution >= 4 is 22.8 Å². The van der Waals surface area contributed by atoms with Crippen LogP contribution in [-0.2, 0) is 19.3 Å². The predicted molar refractivity (Wildman–Crippen MR) is 93.6 cm³/mol. The van der Waals surface area contributed by atoms with Crippen LogP contribution in [-0.4, -0.2) is 29.3 Å². The molecule has 0 radical (unpaired) electrons. The van der Waals surface area contributed by atoms with Gasteiger partial charge in [0.15, 0.2) is 5.65 Å². The molecule has 7 heteroatoms. The quantitative estimate of drug-likeness (QED) is 0.414. The lowest BCUT2D eigenvalue weighted by Crippen LogP contribution is -2.03. The van der Waals surface area contributed by atoms with E-state index in [1.165, 1.54) is 5.56 Å². The number of imidazole rings is 1. The molecule has 0 saturated carbocycles. The molecule has 0 aliphatic rings. The molecule has 6 nitrogen and oxygen atoms in total. The first-order valence-electron chi connectivity index (χ1n) is 7.61. The van der Waals surface area contributed by atoms with E-state index >= 15 is 0 Å². The van der Waals surface area contributed by atoms with Gasteiger partial charge in [0, 0.05) is 26.0 Å². The Morgan fingerprint density at radius 3 is 2.83 bits per heavy atom. The van der Waals surface area contributed by atoms with Gasteiger partial charge in [-0.3, -0.25) is 4.68 Å². The van der Waals surface area contributed by atoms with Crippen LogP contribution < -0.4 is 0 Å². The molecule has 0 fully saturated rings. The maximum Gasteiger partial charge on any atom is 0.162 e. The fourth-order valence-corrected chi connectivity index (χ4v) is 3.52. The number of fused-ring (bicyclic) bond motifs is 1. The van der Waals surface area contributed by atoms with Crippen LogP contribution in [0.2, 0.25) is 0 Å². The van der Waals surface area contributed by atoms with E-state index in [4.69, 9.17) is 0 Å². The lowest BCUT2D eigenvalue weighted by Gasteiger charge is -2.08. The molecule has 4 rings (SSSR count). The topological polar surface area (TPSA) is 61.4 Å². The van der Waals surface area contributed by atoms with Gasteiger partial charge in [0.05, 0.1) is 17.3 Å². The average Bonchev–Trinajstić information content (AvgIpc) is 3.21. The van der Waals surface area contributed by atoms with E-state index in [0.717, 1.165) is 34.2 Å². The summed E-state index contributed by atoms with van der Waals surface area (Å²) in [6.07, 6.45) is 7.26. The Morgan fingerprint density at radius 2 is 1.96 bits per heavy atom. The van der Waals surface area contributed by atoms with Crippen molar-refractivity contribution in [2.75, 3.05) is 0 Å². The Labute approximate surface area is 143 Å². The minimum absolute atomic E-state index is 0.751. The minimum Gasteiger partial charge on any atom is -0.330 e. The summed E-state index contributed by atoms with van der Waals surface area (Å²) in [5.74, 6) is 1.78. The predicted octanol–water partition coefficient (Wildman–Crippen LogP) is 2.90. The van der Waals surface area contributed by atoms with Gasteiger partial charge < -0.3 is 4.57 Å². The number of hydrogen-bond donors (Lipinski definition) is 0. The van der Waals surface area contributed by atoms with Gasteiger partial charge in [-0.05, 0) is 5.56 Å². The normalized spacial score (nSPS) is 11.2. The van der Waals surface area contributed by atoms with E-state index in [1.54, 1.807) is 22.8 Å². The summed E-state index contributed by atoms with van der Waals surface area (Å²) >= 11 is 1.66. The molecule has 0 spiro atoms. The third kappa shape index (κ3) is 2.90. The number of aromatic nitrogens is 6. The second-order valence-electron chi connectivity index (χ2n) is 5.43. The first-order valence-corrected chi connectivity index (χ1v) is 8.59. The Morgan fingerprint density at radius 1 is 1.08 bits per heavy atom. The third-order valence-electron chi connectivity index (χ3n) is 3.83. The van der Waals surface area contributed by atoms with Crippen LogP contribution in [0.25, 0.3) is 11.0 Å². The van der Waals surface area contributed by atoms with Crippen molar-refractivity contribution in [2.45, 2.75) is 17.3 Å². The van der Waals surface area contributed by atoms with Crippen LogP contribution in [0.3, 0.4) is 0 Å². The third-order valence-corrected chi connectivity index (χ3v) is 4.83. The van der Waals surface area contributed by atoms with E-state index in [0.29, 0.717) is 0 Å². The van der Waals surface area contributed by atoms with Crippen molar-refractivity contribution in [1.29, 1.82) is 0 Å². The molecule has 120 valence electrons. The summed E-state index contributed by atoms with van der Waals surface area (Å²) in [6.45, 7) is 0.822. The lowest BCUT2D eigenvalue weighted by atomic mass is 10.2. The van der Waals surface area contributed by atoms with Gasteiger partial charge in [-0.15, -0.1) is 0 Å². The lowest BCUT2D eigenvalue weighted by molar-refractivity contribution is 0.756. The van der Waals surface area contributed by atoms with Crippen molar-refractivity contribution in [1.82, 2.24) is 29.3 Å². The summed E-state index contributed by atoms with van der Waals surface area (Å²) < 4.78 is 3.93. The van der Waals surface area contributed by atoms with E-state index in [-0.39, 0.29) is 0 Å². The maximum atomic E-state index is 4.49. The largest absolute Gasteiger partial charge is 0.330 e. The van der Waals surface area contributed by atoms with Crippen LogP contribution in [0.4, 0.5) is 0 Å². The van der Waals surface area contributed by atoms with Gasteiger partial charge in [-0.25, -0.2) is 15.0 Å². The van der Waals surface area contributed by atoms with E-state index in [2.05, 4.69) is 48.9 Å². The molecule has 0 unspecified atom stereocenters. The zero-order valence-corrected chi connectivity index (χ0v) is 14.0. The molecule has 0 N–H and O–H groups in total. The second-order valence-corrected chi connectivity index (χ2v) is 6.39. The number of benzene rings is 1. The minimum atomic E-state index is 0.751. The Hall–Kier alpha value is -2.67. The van der Waals surface area contributed by atoms with Gasteiger partial charge in [0.25, 0.3) is 0 Å². The van der Waals surface area contributed by atoms with E-state index in [9.17, 15) is 0 Å². The fourth-order valence-electron chi connectivity index (χ4n) is 2.59. The molecular formula is C17H16N6S. The van der Waals surface area contributed by atoms with Crippen LogP contribution in [0.15, 0.2) is 60.3 Å². The van der Waals surface area contributed by atoms with Crippen molar-refractivity contribution in [3.05, 3.63) is 66.6 Å². The molecule has 0 aliphatic heterocycles. The summed E-state index contributed by atoms with van der Waals surface area (Å²) in [5.41, 5.74) is 2.11. The van der Waals surface area contributed by atoms with Crippen molar-refractivity contribution in [3.63, 3.8) is 0 Å². The fraction of sp³-hybridized carbons (Fsp3) is 0.176. The van der Waals surface area contributed by atoms with Crippen molar-refractivity contribution in [2.24, 2.45) is 7.05 Å². The van der Waals surface area contributed by atoms with Crippen LogP contribution >= 0.6 is 11.8 Å². The summed E-state index contributed by atoms with van der Waals surface area (Å²) in [4.78, 5) is 13.2. The Balaban J connectivity index is 1.53.